The number of nitrogens with one attached hydrogen (secondary N) is 2. The molecule has 19 heavy (non-hydrogen) atoms. The van der Waals surface area contributed by atoms with Crippen LogP contribution in [-0.4, -0.2) is 16.2 Å². The van der Waals surface area contributed by atoms with Crippen molar-refractivity contribution in [2.45, 2.75) is 32.4 Å². The van der Waals surface area contributed by atoms with Crippen molar-refractivity contribution in [1.29, 1.82) is 0 Å². The number of benzene rings is 1. The lowest BCUT2D eigenvalue weighted by Crippen LogP contribution is -2.15. The van der Waals surface area contributed by atoms with Crippen molar-refractivity contribution >= 4 is 27.6 Å². The molecule has 1 aromatic carbocycles. The van der Waals surface area contributed by atoms with Gasteiger partial charge in [-0.2, -0.15) is 0 Å². The van der Waals surface area contributed by atoms with Crippen LogP contribution in [0.25, 0.3) is 0 Å². The molecule has 0 aliphatic heterocycles. The minimum atomic E-state index is 0.425. The van der Waals surface area contributed by atoms with E-state index in [9.17, 15) is 0 Å². The van der Waals surface area contributed by atoms with Gasteiger partial charge in [-0.1, -0.05) is 27.1 Å². The molecule has 0 bridgehead atoms. The quantitative estimate of drug-likeness (QED) is 0.885. The van der Waals surface area contributed by atoms with Crippen LogP contribution in [0.2, 0.25) is 0 Å². The van der Waals surface area contributed by atoms with Crippen molar-refractivity contribution in [1.82, 2.24) is 15.5 Å². The zero-order chi connectivity index (χ0) is 13.2. The van der Waals surface area contributed by atoms with Gasteiger partial charge in [0.15, 0.2) is 0 Å². The molecular formula is C13H15BrN4O. The number of aromatic nitrogens is 2. The smallest absolute Gasteiger partial charge is 0.320 e. The summed E-state index contributed by atoms with van der Waals surface area (Å²) >= 11 is 3.45. The van der Waals surface area contributed by atoms with Crippen molar-refractivity contribution in [3.63, 3.8) is 0 Å². The van der Waals surface area contributed by atoms with Crippen LogP contribution >= 0.6 is 15.9 Å². The molecule has 0 amide bonds. The number of aryl methyl sites for hydroxylation is 1. The van der Waals surface area contributed by atoms with Crippen molar-refractivity contribution in [2.24, 2.45) is 0 Å². The molecule has 0 spiro atoms. The second-order valence-corrected chi connectivity index (χ2v) is 5.66. The van der Waals surface area contributed by atoms with Crippen molar-refractivity contribution < 1.29 is 4.42 Å². The fourth-order valence-corrected chi connectivity index (χ4v) is 2.10. The minimum Gasteiger partial charge on any atom is -0.406 e. The zero-order valence-electron chi connectivity index (χ0n) is 10.6. The molecule has 1 heterocycles. The van der Waals surface area contributed by atoms with Crippen LogP contribution in [0.3, 0.4) is 0 Å². The predicted molar refractivity (Wildman–Crippen MR) is 76.3 cm³/mol. The standard InChI is InChI=1S/C13H15BrN4O/c1-8-2-3-9(14)6-11(8)16-13-18-17-12(19-13)7-15-10-4-5-10/h2-3,6,10,15H,4-5,7H2,1H3,(H,16,18). The fraction of sp³-hybridized carbons (Fsp3) is 0.385. The number of rotatable bonds is 5. The summed E-state index contributed by atoms with van der Waals surface area (Å²) in [7, 11) is 0. The van der Waals surface area contributed by atoms with E-state index in [1.54, 1.807) is 0 Å². The third-order valence-corrected chi connectivity index (χ3v) is 3.52. The second kappa shape index (κ2) is 5.30. The summed E-state index contributed by atoms with van der Waals surface area (Å²) < 4.78 is 6.56. The Kier molecular flexibility index (Phi) is 3.52. The molecule has 6 heteroatoms. The van der Waals surface area contributed by atoms with Gasteiger partial charge in [0.1, 0.15) is 0 Å². The average Bonchev–Trinajstić information content (AvgIpc) is 3.12. The maximum Gasteiger partial charge on any atom is 0.320 e. The molecule has 1 fully saturated rings. The van der Waals surface area contributed by atoms with Crippen LogP contribution in [0, 0.1) is 6.92 Å². The van der Waals surface area contributed by atoms with E-state index in [0.717, 1.165) is 15.7 Å². The average molecular weight is 323 g/mol. The molecule has 2 N–H and O–H groups in total. The maximum atomic E-state index is 5.55. The van der Waals surface area contributed by atoms with Gasteiger partial charge in [-0.25, -0.2) is 0 Å². The summed E-state index contributed by atoms with van der Waals surface area (Å²) in [6, 6.07) is 7.07. The topological polar surface area (TPSA) is 63.0 Å². The molecule has 3 rings (SSSR count). The van der Waals surface area contributed by atoms with Gasteiger partial charge >= 0.3 is 6.01 Å². The van der Waals surface area contributed by atoms with Crippen LogP contribution in [0.5, 0.6) is 0 Å². The molecule has 1 aliphatic carbocycles. The highest BCUT2D eigenvalue weighted by molar-refractivity contribution is 9.10. The molecule has 100 valence electrons. The lowest BCUT2D eigenvalue weighted by Gasteiger charge is -2.05. The monoisotopic (exact) mass is 322 g/mol. The first-order chi connectivity index (χ1) is 9.20. The Balaban J connectivity index is 1.66. The largest absolute Gasteiger partial charge is 0.406 e. The number of nitrogens with zero attached hydrogens (tertiary/aromatic N) is 2. The van der Waals surface area contributed by atoms with Crippen LogP contribution in [-0.2, 0) is 6.54 Å². The van der Waals surface area contributed by atoms with Crippen LogP contribution in [0.15, 0.2) is 27.1 Å². The minimum absolute atomic E-state index is 0.425. The van der Waals surface area contributed by atoms with Gasteiger partial charge in [0, 0.05) is 16.2 Å². The lowest BCUT2D eigenvalue weighted by molar-refractivity contribution is 0.478. The molecule has 0 radical (unpaired) electrons. The van der Waals surface area contributed by atoms with Crippen molar-refractivity contribution in [3.05, 3.63) is 34.1 Å². The van der Waals surface area contributed by atoms with Gasteiger partial charge in [-0.05, 0) is 37.5 Å². The zero-order valence-corrected chi connectivity index (χ0v) is 12.2. The summed E-state index contributed by atoms with van der Waals surface area (Å²) in [4.78, 5) is 0. The number of hydrogen-bond acceptors (Lipinski definition) is 5. The van der Waals surface area contributed by atoms with Crippen molar-refractivity contribution in [3.8, 4) is 0 Å². The van der Waals surface area contributed by atoms with E-state index in [1.165, 1.54) is 12.8 Å². The highest BCUT2D eigenvalue weighted by atomic mass is 79.9. The van der Waals surface area contributed by atoms with Gasteiger partial charge in [-0.3, -0.25) is 0 Å². The molecule has 2 aromatic rings. The summed E-state index contributed by atoms with van der Waals surface area (Å²) in [5.74, 6) is 0.613. The summed E-state index contributed by atoms with van der Waals surface area (Å²) in [6.07, 6.45) is 2.49. The second-order valence-electron chi connectivity index (χ2n) is 4.74. The number of hydrogen-bond donors (Lipinski definition) is 2. The molecule has 0 saturated heterocycles. The van der Waals surface area contributed by atoms with E-state index < -0.39 is 0 Å². The van der Waals surface area contributed by atoms with E-state index in [0.29, 0.717) is 24.5 Å². The Bertz CT molecular complexity index is 580. The van der Waals surface area contributed by atoms with Gasteiger partial charge < -0.3 is 15.1 Å². The van der Waals surface area contributed by atoms with E-state index >= 15 is 0 Å². The van der Waals surface area contributed by atoms with Crippen molar-refractivity contribution in [2.75, 3.05) is 5.32 Å². The lowest BCUT2D eigenvalue weighted by atomic mass is 10.2. The highest BCUT2D eigenvalue weighted by Crippen LogP contribution is 2.24. The van der Waals surface area contributed by atoms with Gasteiger partial charge in [-0.15, -0.1) is 5.10 Å². The third kappa shape index (κ3) is 3.33. The Morgan fingerprint density at radius 3 is 3.00 bits per heavy atom. The third-order valence-electron chi connectivity index (χ3n) is 3.03. The normalized spacial score (nSPS) is 14.6. The predicted octanol–water partition coefficient (Wildman–Crippen LogP) is 3.14. The molecule has 5 nitrogen and oxygen atoms in total. The molecule has 0 atom stereocenters. The molecule has 1 aliphatic rings. The summed E-state index contributed by atoms with van der Waals surface area (Å²) in [6.45, 7) is 2.66. The first-order valence-corrected chi connectivity index (χ1v) is 7.09. The SMILES string of the molecule is Cc1ccc(Br)cc1Nc1nnc(CNC2CC2)o1. The molecule has 0 unspecified atom stereocenters. The Morgan fingerprint density at radius 2 is 2.21 bits per heavy atom. The van der Waals surface area contributed by atoms with Crippen LogP contribution in [0.4, 0.5) is 11.7 Å². The van der Waals surface area contributed by atoms with Crippen LogP contribution in [0.1, 0.15) is 24.3 Å². The molecular weight excluding hydrogens is 308 g/mol. The molecule has 1 aromatic heterocycles. The number of anilines is 2. The maximum absolute atomic E-state index is 5.55. The van der Waals surface area contributed by atoms with E-state index in [-0.39, 0.29) is 0 Å². The van der Waals surface area contributed by atoms with Gasteiger partial charge in [0.25, 0.3) is 0 Å². The molecule has 1 saturated carbocycles. The first-order valence-electron chi connectivity index (χ1n) is 6.29. The fourth-order valence-electron chi connectivity index (χ4n) is 1.74. The Labute approximate surface area is 119 Å². The van der Waals surface area contributed by atoms with Gasteiger partial charge in [0.05, 0.1) is 6.54 Å². The van der Waals surface area contributed by atoms with Crippen LogP contribution < -0.4 is 10.6 Å². The van der Waals surface area contributed by atoms with E-state index in [2.05, 4.69) is 36.8 Å². The highest BCUT2D eigenvalue weighted by Gasteiger charge is 2.21. The Morgan fingerprint density at radius 1 is 1.37 bits per heavy atom. The first kappa shape index (κ1) is 12.6. The summed E-state index contributed by atoms with van der Waals surface area (Å²) in [5, 5.41) is 14.5. The van der Waals surface area contributed by atoms with Gasteiger partial charge in [0.2, 0.25) is 5.89 Å². The van der Waals surface area contributed by atoms with E-state index in [4.69, 9.17) is 4.42 Å². The van der Waals surface area contributed by atoms with E-state index in [1.807, 2.05) is 25.1 Å². The summed E-state index contributed by atoms with van der Waals surface area (Å²) in [5.41, 5.74) is 2.08. The number of halogens is 1. The Hall–Kier alpha value is -1.40.